The van der Waals surface area contributed by atoms with Gasteiger partial charge in [-0.05, 0) is 28.7 Å². The fourth-order valence-electron chi connectivity index (χ4n) is 0.674. The van der Waals surface area contributed by atoms with Gasteiger partial charge in [0.15, 0.2) is 5.78 Å². The van der Waals surface area contributed by atoms with Gasteiger partial charge in [-0.25, -0.2) is 9.37 Å². The fraction of sp³-hybridized carbons (Fsp3) is 0.143. The van der Waals surface area contributed by atoms with Gasteiger partial charge in [-0.15, -0.1) is 0 Å². The van der Waals surface area contributed by atoms with Gasteiger partial charge in [-0.2, -0.15) is 0 Å². The number of aromatic nitrogens is 1. The Hall–Kier alpha value is -0.520. The van der Waals surface area contributed by atoms with Crippen molar-refractivity contribution in [3.8, 4) is 0 Å². The number of hydrogen-bond acceptors (Lipinski definition) is 2. The Kier molecular flexibility index (Phi) is 2.53. The normalized spacial score (nSPS) is 9.73. The van der Waals surface area contributed by atoms with Crippen molar-refractivity contribution in [2.45, 2.75) is 6.92 Å². The van der Waals surface area contributed by atoms with Gasteiger partial charge in [-0.1, -0.05) is 0 Å². The summed E-state index contributed by atoms with van der Waals surface area (Å²) in [5.41, 5.74) is 0.326. The Bertz CT molecular complexity index is 300. The van der Waals surface area contributed by atoms with Crippen molar-refractivity contribution >= 4 is 28.4 Å². The number of nitrogens with zero attached hydrogens (tertiary/aromatic N) is 1. The number of rotatable bonds is 1. The molecule has 0 unspecified atom stereocenters. The van der Waals surface area contributed by atoms with E-state index in [-0.39, 0.29) is 5.78 Å². The quantitative estimate of drug-likeness (QED) is 0.574. The molecule has 0 spiro atoms. The van der Waals surface area contributed by atoms with Crippen molar-refractivity contribution in [2.24, 2.45) is 0 Å². The van der Waals surface area contributed by atoms with Crippen LogP contribution >= 0.6 is 22.6 Å². The molecule has 4 heteroatoms. The van der Waals surface area contributed by atoms with Crippen LogP contribution in [0.1, 0.15) is 17.4 Å². The third kappa shape index (κ3) is 1.95. The second-order valence-electron chi connectivity index (χ2n) is 2.04. The summed E-state index contributed by atoms with van der Waals surface area (Å²) < 4.78 is 13.0. The van der Waals surface area contributed by atoms with E-state index >= 15 is 0 Å². The maximum absolute atomic E-state index is 12.4. The van der Waals surface area contributed by atoms with Crippen molar-refractivity contribution in [1.29, 1.82) is 0 Å². The molecule has 0 N–H and O–H groups in total. The zero-order valence-electron chi connectivity index (χ0n) is 5.77. The minimum atomic E-state index is -0.417. The Morgan fingerprint density at radius 2 is 2.36 bits per heavy atom. The monoisotopic (exact) mass is 265 g/mol. The van der Waals surface area contributed by atoms with E-state index in [1.807, 2.05) is 22.6 Å². The van der Waals surface area contributed by atoms with E-state index in [9.17, 15) is 9.18 Å². The Balaban J connectivity index is 3.20. The lowest BCUT2D eigenvalue weighted by atomic mass is 10.3. The number of hydrogen-bond donors (Lipinski definition) is 0. The second kappa shape index (κ2) is 3.25. The molecule has 0 radical (unpaired) electrons. The predicted octanol–water partition coefficient (Wildman–Crippen LogP) is 2.03. The van der Waals surface area contributed by atoms with E-state index in [0.717, 1.165) is 6.20 Å². The van der Waals surface area contributed by atoms with Crippen LogP contribution in [0.25, 0.3) is 0 Å². The van der Waals surface area contributed by atoms with E-state index in [0.29, 0.717) is 9.26 Å². The molecule has 1 rings (SSSR count). The molecule has 0 aromatic carbocycles. The van der Waals surface area contributed by atoms with Gasteiger partial charge in [-0.3, -0.25) is 4.79 Å². The van der Waals surface area contributed by atoms with Crippen LogP contribution in [0.2, 0.25) is 0 Å². The van der Waals surface area contributed by atoms with Gasteiger partial charge in [0, 0.05) is 10.5 Å². The molecule has 0 saturated carbocycles. The molecule has 0 saturated heterocycles. The molecule has 0 aliphatic heterocycles. The average molecular weight is 265 g/mol. The zero-order valence-corrected chi connectivity index (χ0v) is 7.92. The molecular formula is C7H5FINO. The number of Topliss-reactive ketones (excluding diaryl/α,β-unsaturated/α-hetero) is 1. The summed E-state index contributed by atoms with van der Waals surface area (Å²) in [6.07, 6.45) is 1.04. The van der Waals surface area contributed by atoms with E-state index in [1.165, 1.54) is 13.0 Å². The maximum atomic E-state index is 12.4. The number of pyridine rings is 1. The third-order valence-electron chi connectivity index (χ3n) is 1.14. The molecule has 0 aliphatic rings. The molecule has 11 heavy (non-hydrogen) atoms. The maximum Gasteiger partial charge on any atom is 0.179 e. The predicted molar refractivity (Wildman–Crippen MR) is 46.9 cm³/mol. The minimum absolute atomic E-state index is 0.144. The smallest absolute Gasteiger partial charge is 0.179 e. The molecule has 1 aromatic rings. The lowest BCUT2D eigenvalue weighted by molar-refractivity contribution is 0.101. The molecule has 0 amide bonds. The number of ketones is 1. The van der Waals surface area contributed by atoms with Crippen LogP contribution in [-0.4, -0.2) is 10.8 Å². The van der Waals surface area contributed by atoms with Gasteiger partial charge < -0.3 is 0 Å². The summed E-state index contributed by atoms with van der Waals surface area (Å²) in [6, 6.07) is 1.28. The van der Waals surface area contributed by atoms with Crippen molar-refractivity contribution in [2.75, 3.05) is 0 Å². The number of halogens is 2. The summed E-state index contributed by atoms with van der Waals surface area (Å²) in [5, 5.41) is 0. The topological polar surface area (TPSA) is 30.0 Å². The standard InChI is InChI=1S/C7H5FINO/c1-4(11)7-6(9)2-5(8)3-10-7/h2-3H,1H3. The Morgan fingerprint density at radius 3 is 2.82 bits per heavy atom. The minimum Gasteiger partial charge on any atom is -0.293 e. The average Bonchev–Trinajstić information content (AvgIpc) is 1.85. The van der Waals surface area contributed by atoms with Gasteiger partial charge in [0.1, 0.15) is 11.5 Å². The van der Waals surface area contributed by atoms with Crippen molar-refractivity contribution in [3.05, 3.63) is 27.3 Å². The number of carbonyl (C=O) groups excluding carboxylic acids is 1. The molecule has 0 aliphatic carbocycles. The molecule has 0 bridgehead atoms. The zero-order chi connectivity index (χ0) is 8.43. The first-order valence-corrected chi connectivity index (χ1v) is 4.01. The van der Waals surface area contributed by atoms with Crippen LogP contribution in [0.4, 0.5) is 4.39 Å². The molecule has 0 fully saturated rings. The van der Waals surface area contributed by atoms with Crippen LogP contribution in [0.5, 0.6) is 0 Å². The molecule has 58 valence electrons. The SMILES string of the molecule is CC(=O)c1ncc(F)cc1I. The fourth-order valence-corrected chi connectivity index (χ4v) is 1.49. The van der Waals surface area contributed by atoms with E-state index < -0.39 is 5.82 Å². The van der Waals surface area contributed by atoms with E-state index in [2.05, 4.69) is 4.98 Å². The molecular weight excluding hydrogens is 260 g/mol. The first kappa shape index (κ1) is 8.58. The summed E-state index contributed by atoms with van der Waals surface area (Å²) in [4.78, 5) is 14.4. The molecule has 1 aromatic heterocycles. The van der Waals surface area contributed by atoms with E-state index in [1.54, 1.807) is 0 Å². The highest BCUT2D eigenvalue weighted by Crippen LogP contribution is 2.10. The molecule has 0 atom stereocenters. The highest BCUT2D eigenvalue weighted by atomic mass is 127. The van der Waals surface area contributed by atoms with Gasteiger partial charge in [0.2, 0.25) is 0 Å². The highest BCUT2D eigenvalue weighted by molar-refractivity contribution is 14.1. The summed E-state index contributed by atoms with van der Waals surface area (Å²) >= 11 is 1.88. The largest absolute Gasteiger partial charge is 0.293 e. The summed E-state index contributed by atoms with van der Waals surface area (Å²) in [7, 11) is 0. The number of carbonyl (C=O) groups is 1. The van der Waals surface area contributed by atoms with Crippen LogP contribution in [-0.2, 0) is 0 Å². The van der Waals surface area contributed by atoms with Gasteiger partial charge in [0.25, 0.3) is 0 Å². The van der Waals surface area contributed by atoms with E-state index in [4.69, 9.17) is 0 Å². The van der Waals surface area contributed by atoms with Gasteiger partial charge in [0.05, 0.1) is 6.20 Å². The van der Waals surface area contributed by atoms with Crippen LogP contribution in [0.15, 0.2) is 12.3 Å². The van der Waals surface area contributed by atoms with Crippen LogP contribution < -0.4 is 0 Å². The summed E-state index contributed by atoms with van der Waals surface area (Å²) in [5.74, 6) is -0.561. The molecule has 2 nitrogen and oxygen atoms in total. The summed E-state index contributed by atoms with van der Waals surface area (Å²) in [6.45, 7) is 1.41. The first-order valence-electron chi connectivity index (χ1n) is 2.93. The second-order valence-corrected chi connectivity index (χ2v) is 3.20. The van der Waals surface area contributed by atoms with Gasteiger partial charge >= 0.3 is 0 Å². The van der Waals surface area contributed by atoms with Crippen LogP contribution in [0.3, 0.4) is 0 Å². The van der Waals surface area contributed by atoms with Crippen molar-refractivity contribution in [3.63, 3.8) is 0 Å². The highest BCUT2D eigenvalue weighted by Gasteiger charge is 2.06. The first-order chi connectivity index (χ1) is 5.11. The van der Waals surface area contributed by atoms with Crippen LogP contribution in [0, 0.1) is 9.39 Å². The lowest BCUT2D eigenvalue weighted by Crippen LogP contribution is -2.00. The Labute approximate surface area is 77.0 Å². The van der Waals surface area contributed by atoms with Crippen molar-refractivity contribution < 1.29 is 9.18 Å². The molecule has 1 heterocycles. The third-order valence-corrected chi connectivity index (χ3v) is 1.96. The Morgan fingerprint density at radius 1 is 1.73 bits per heavy atom. The van der Waals surface area contributed by atoms with Crippen molar-refractivity contribution in [1.82, 2.24) is 4.98 Å². The lowest BCUT2D eigenvalue weighted by Gasteiger charge is -1.96.